The van der Waals surface area contributed by atoms with Gasteiger partial charge in [0, 0.05) is 23.9 Å². The van der Waals surface area contributed by atoms with Crippen LogP contribution in [-0.2, 0) is 22.9 Å². The van der Waals surface area contributed by atoms with Crippen LogP contribution in [0.1, 0.15) is 65.2 Å². The van der Waals surface area contributed by atoms with Gasteiger partial charge in [-0.1, -0.05) is 19.0 Å². The quantitative estimate of drug-likeness (QED) is 0.151. The largest absolute Gasteiger partial charge is 0.415 e. The van der Waals surface area contributed by atoms with Gasteiger partial charge in [0.15, 0.2) is 25.0 Å². The van der Waals surface area contributed by atoms with E-state index in [0.717, 1.165) is 44.2 Å². The van der Waals surface area contributed by atoms with Crippen LogP contribution in [0.2, 0.25) is 58.9 Å². The maximum Gasteiger partial charge on any atom is 0.185 e. The molecule has 8 atom stereocenters. The highest BCUT2D eigenvalue weighted by atomic mass is 28.4. The first-order valence-corrected chi connectivity index (χ1v) is 26.1. The van der Waals surface area contributed by atoms with Crippen molar-refractivity contribution < 1.29 is 22.9 Å². The lowest BCUT2D eigenvalue weighted by atomic mass is 9.44. The molecule has 4 aliphatic rings. The summed E-state index contributed by atoms with van der Waals surface area (Å²) in [5.74, 6) is 2.05. The second-order valence-electron chi connectivity index (χ2n) is 16.9. The third-order valence-electron chi connectivity index (χ3n) is 10.7. The average molecular weight is 610 g/mol. The summed E-state index contributed by atoms with van der Waals surface area (Å²) < 4.78 is 20.3. The Bertz CT molecular complexity index is 985. The molecule has 0 heterocycles. The van der Waals surface area contributed by atoms with Gasteiger partial charge in [0.25, 0.3) is 0 Å². The Hall–Kier alpha value is -0.329. The monoisotopic (exact) mass is 609 g/mol. The van der Waals surface area contributed by atoms with Gasteiger partial charge in [0.2, 0.25) is 0 Å². The van der Waals surface area contributed by atoms with Crippen LogP contribution < -0.4 is 0 Å². The number of ketones is 1. The third-order valence-corrected chi connectivity index (χ3v) is 13.7. The van der Waals surface area contributed by atoms with E-state index in [4.69, 9.17) is 18.1 Å². The normalized spacial score (nSPS) is 40.9. The van der Waals surface area contributed by atoms with E-state index >= 15 is 0 Å². The first-order chi connectivity index (χ1) is 18.2. The molecule has 4 rings (SSSR count). The second-order valence-corrected chi connectivity index (χ2v) is 30.3. The standard InChI is InChI=1S/C31H59NO5Si3/c1-29-17-15-23(36-39(7,8)9)19-22(29)13-14-24-25-16-18-31(37-40(10,11)12,30(25,2)20-26(33)28(24)29)27(32-34-3)21-35-38(4,5)6/h22-25,28H,13-21H2,1-12H3. The molecule has 4 saturated carbocycles. The summed E-state index contributed by atoms with van der Waals surface area (Å²) in [6, 6.07) is 0. The Morgan fingerprint density at radius 3 is 2.15 bits per heavy atom. The molecule has 0 N–H and O–H groups in total. The van der Waals surface area contributed by atoms with Crippen molar-refractivity contribution in [3.63, 3.8) is 0 Å². The van der Waals surface area contributed by atoms with Crippen LogP contribution in [0.25, 0.3) is 0 Å². The number of oxime groups is 1. The van der Waals surface area contributed by atoms with Crippen molar-refractivity contribution in [3.8, 4) is 0 Å². The lowest BCUT2D eigenvalue weighted by Crippen LogP contribution is -2.64. The Morgan fingerprint density at radius 1 is 0.900 bits per heavy atom. The van der Waals surface area contributed by atoms with Gasteiger partial charge in [-0.2, -0.15) is 0 Å². The predicted octanol–water partition coefficient (Wildman–Crippen LogP) is 7.87. The number of fused-ring (bicyclic) bond motifs is 5. The van der Waals surface area contributed by atoms with Crippen molar-refractivity contribution in [2.75, 3.05) is 13.7 Å². The smallest absolute Gasteiger partial charge is 0.185 e. The van der Waals surface area contributed by atoms with Crippen LogP contribution in [0.5, 0.6) is 0 Å². The molecule has 0 aromatic carbocycles. The van der Waals surface area contributed by atoms with Crippen LogP contribution in [0.15, 0.2) is 5.16 Å². The van der Waals surface area contributed by atoms with Gasteiger partial charge in [0.05, 0.1) is 6.61 Å². The molecule has 4 fully saturated rings. The van der Waals surface area contributed by atoms with E-state index in [0.29, 0.717) is 42.7 Å². The molecule has 0 radical (unpaired) electrons. The van der Waals surface area contributed by atoms with E-state index < -0.39 is 30.6 Å². The summed E-state index contributed by atoms with van der Waals surface area (Å²) in [6.07, 6.45) is 8.58. The number of carbonyl (C=O) groups excluding carboxylic acids is 1. The highest BCUT2D eigenvalue weighted by Crippen LogP contribution is 2.68. The topological polar surface area (TPSA) is 66.3 Å². The highest BCUT2D eigenvalue weighted by Gasteiger charge is 2.70. The minimum absolute atomic E-state index is 0.0793. The van der Waals surface area contributed by atoms with Crippen molar-refractivity contribution in [3.05, 3.63) is 0 Å². The summed E-state index contributed by atoms with van der Waals surface area (Å²) in [7, 11) is -3.79. The summed E-state index contributed by atoms with van der Waals surface area (Å²) in [4.78, 5) is 20.0. The minimum Gasteiger partial charge on any atom is -0.415 e. The highest BCUT2D eigenvalue weighted by molar-refractivity contribution is 6.70. The molecule has 0 bridgehead atoms. The summed E-state index contributed by atoms with van der Waals surface area (Å²) in [5, 5.41) is 4.64. The van der Waals surface area contributed by atoms with Gasteiger partial charge >= 0.3 is 0 Å². The van der Waals surface area contributed by atoms with Gasteiger partial charge in [-0.15, -0.1) is 0 Å². The molecule has 0 amide bonds. The Morgan fingerprint density at radius 2 is 1.57 bits per heavy atom. The van der Waals surface area contributed by atoms with Crippen molar-refractivity contribution >= 4 is 36.4 Å². The van der Waals surface area contributed by atoms with E-state index in [2.05, 4.69) is 77.9 Å². The molecule has 0 saturated heterocycles. The van der Waals surface area contributed by atoms with Crippen LogP contribution in [0, 0.1) is 34.5 Å². The SMILES string of the molecule is CON=C(CO[Si](C)(C)C)C1(O[Si](C)(C)C)CCC2C3CCC4CC(O[Si](C)(C)C)CCC4(C)C3C(=O)CC21C. The molecule has 0 spiro atoms. The average Bonchev–Trinajstić information content (AvgIpc) is 3.05. The zero-order valence-electron chi connectivity index (χ0n) is 27.7. The molecule has 9 heteroatoms. The van der Waals surface area contributed by atoms with Crippen molar-refractivity contribution in [1.82, 2.24) is 0 Å². The molecule has 6 nitrogen and oxygen atoms in total. The first kappa shape index (κ1) is 32.6. The van der Waals surface area contributed by atoms with Gasteiger partial charge in [-0.05, 0) is 127 Å². The van der Waals surface area contributed by atoms with E-state index in [1.165, 1.54) is 6.42 Å². The number of hydrogen-bond donors (Lipinski definition) is 0. The fraction of sp³-hybridized carbons (Fsp3) is 0.935. The summed E-state index contributed by atoms with van der Waals surface area (Å²) in [6.45, 7) is 25.5. The molecule has 230 valence electrons. The fourth-order valence-electron chi connectivity index (χ4n) is 9.46. The number of rotatable bonds is 9. The lowest BCUT2D eigenvalue weighted by molar-refractivity contribution is -0.166. The van der Waals surface area contributed by atoms with Crippen LogP contribution in [0.4, 0.5) is 0 Å². The molecule has 4 aliphatic carbocycles. The van der Waals surface area contributed by atoms with E-state index in [1.54, 1.807) is 7.11 Å². The number of carbonyl (C=O) groups is 1. The molecular formula is C31H59NO5Si3. The zero-order chi connectivity index (χ0) is 29.9. The third kappa shape index (κ3) is 6.16. The Labute approximate surface area is 248 Å². The fourth-order valence-corrected chi connectivity index (χ4v) is 12.7. The zero-order valence-corrected chi connectivity index (χ0v) is 30.7. The Kier molecular flexibility index (Phi) is 8.95. The molecule has 0 aliphatic heterocycles. The van der Waals surface area contributed by atoms with Gasteiger partial charge < -0.3 is 18.1 Å². The maximum atomic E-state index is 14.5. The number of nitrogens with zero attached hydrogens (tertiary/aromatic N) is 1. The molecule has 8 unspecified atom stereocenters. The number of Topliss-reactive ketones (excluding diaryl/α,β-unsaturated/α-hetero) is 1. The van der Waals surface area contributed by atoms with Crippen LogP contribution in [-0.4, -0.2) is 61.9 Å². The molecule has 0 aromatic rings. The minimum atomic E-state index is -2.02. The van der Waals surface area contributed by atoms with Crippen LogP contribution >= 0.6 is 0 Å². The van der Waals surface area contributed by atoms with Gasteiger partial charge in [-0.25, -0.2) is 0 Å². The van der Waals surface area contributed by atoms with Crippen molar-refractivity contribution in [2.45, 2.75) is 136 Å². The van der Waals surface area contributed by atoms with Crippen LogP contribution in [0.3, 0.4) is 0 Å². The lowest BCUT2D eigenvalue weighted by Gasteiger charge is -2.61. The molecular weight excluding hydrogens is 551 g/mol. The molecule has 0 aromatic heterocycles. The van der Waals surface area contributed by atoms with Gasteiger partial charge in [-0.3, -0.25) is 4.79 Å². The summed E-state index contributed by atoms with van der Waals surface area (Å²) >= 11 is 0. The van der Waals surface area contributed by atoms with Crippen molar-refractivity contribution in [1.29, 1.82) is 0 Å². The Balaban J connectivity index is 1.68. The summed E-state index contributed by atoms with van der Waals surface area (Å²) in [5.41, 5.74) is 0.00195. The van der Waals surface area contributed by atoms with E-state index in [9.17, 15) is 4.79 Å². The predicted molar refractivity (Wildman–Crippen MR) is 171 cm³/mol. The van der Waals surface area contributed by atoms with E-state index in [1.807, 2.05) is 0 Å². The first-order valence-electron chi connectivity index (χ1n) is 15.9. The molecule has 40 heavy (non-hydrogen) atoms. The van der Waals surface area contributed by atoms with E-state index in [-0.39, 0.29) is 16.7 Å². The van der Waals surface area contributed by atoms with Crippen molar-refractivity contribution in [2.24, 2.45) is 39.7 Å². The second kappa shape index (κ2) is 11.0. The number of hydrogen-bond acceptors (Lipinski definition) is 6. The maximum absolute atomic E-state index is 14.5. The van der Waals surface area contributed by atoms with Gasteiger partial charge in [0.1, 0.15) is 24.2 Å².